The summed E-state index contributed by atoms with van der Waals surface area (Å²) in [5.74, 6) is -1.01. The molecule has 1 aromatic carbocycles. The molecule has 0 aliphatic carbocycles. The van der Waals surface area contributed by atoms with Gasteiger partial charge in [0.05, 0.1) is 17.3 Å². The lowest BCUT2D eigenvalue weighted by atomic mass is 10.2. The molecule has 6 heteroatoms. The molecule has 2 N–H and O–H groups in total. The van der Waals surface area contributed by atoms with Gasteiger partial charge in [0.25, 0.3) is 0 Å². The van der Waals surface area contributed by atoms with E-state index < -0.39 is 12.0 Å². The Balaban J connectivity index is 2.93. The van der Waals surface area contributed by atoms with Crippen LogP contribution in [0.1, 0.15) is 5.56 Å². The minimum atomic E-state index is -1.01. The summed E-state index contributed by atoms with van der Waals surface area (Å²) in [5, 5.41) is 12.7. The number of methoxy groups -OCH3 is 1. The molecule has 0 aliphatic rings. The molecule has 1 rings (SSSR count). The number of ether oxygens (including phenoxy) is 1. The van der Waals surface area contributed by atoms with Crippen molar-refractivity contribution >= 4 is 34.9 Å². The van der Waals surface area contributed by atoms with Crippen molar-refractivity contribution in [2.24, 2.45) is 0 Å². The number of aliphatic carboxylic acids is 1. The first-order chi connectivity index (χ1) is 7.95. The topological polar surface area (TPSA) is 58.6 Å². The van der Waals surface area contributed by atoms with Crippen LogP contribution in [-0.2, 0) is 9.53 Å². The molecule has 0 aliphatic heterocycles. The molecule has 0 heterocycles. The zero-order valence-electron chi connectivity index (χ0n) is 9.46. The van der Waals surface area contributed by atoms with Gasteiger partial charge in [0.15, 0.2) is 0 Å². The number of benzene rings is 1. The highest BCUT2D eigenvalue weighted by Gasteiger charge is 2.18. The Kier molecular flexibility index (Phi) is 5.05. The molecule has 1 unspecified atom stereocenters. The molecule has 0 aromatic heterocycles. The molecule has 94 valence electrons. The van der Waals surface area contributed by atoms with Crippen molar-refractivity contribution in [1.82, 2.24) is 0 Å². The Labute approximate surface area is 109 Å². The first kappa shape index (κ1) is 14.1. The van der Waals surface area contributed by atoms with Crippen LogP contribution in [0.5, 0.6) is 0 Å². The third-order valence-corrected chi connectivity index (χ3v) is 2.93. The van der Waals surface area contributed by atoms with Crippen LogP contribution in [0.4, 0.5) is 5.69 Å². The first-order valence-corrected chi connectivity index (χ1v) is 5.65. The summed E-state index contributed by atoms with van der Waals surface area (Å²) in [6.45, 7) is 1.86. The molecule has 0 saturated heterocycles. The Morgan fingerprint density at radius 1 is 1.47 bits per heavy atom. The van der Waals surface area contributed by atoms with Crippen LogP contribution in [-0.4, -0.2) is 30.8 Å². The molecule has 4 nitrogen and oxygen atoms in total. The minimum absolute atomic E-state index is 0.0388. The van der Waals surface area contributed by atoms with Gasteiger partial charge in [0.1, 0.15) is 6.04 Å². The molecule has 1 aromatic rings. The van der Waals surface area contributed by atoms with Crippen LogP contribution in [0.15, 0.2) is 12.1 Å². The number of carboxylic acid groups (broad SMARTS) is 1. The lowest BCUT2D eigenvalue weighted by Crippen LogP contribution is -2.33. The number of carboxylic acids is 1. The fourth-order valence-corrected chi connectivity index (χ4v) is 1.72. The van der Waals surface area contributed by atoms with Gasteiger partial charge in [-0.05, 0) is 24.6 Å². The maximum absolute atomic E-state index is 10.9. The lowest BCUT2D eigenvalue weighted by molar-refractivity contribution is -0.139. The second-order valence-corrected chi connectivity index (χ2v) is 4.39. The summed E-state index contributed by atoms with van der Waals surface area (Å²) < 4.78 is 4.81. The lowest BCUT2D eigenvalue weighted by Gasteiger charge is -2.16. The van der Waals surface area contributed by atoms with Crippen LogP contribution in [0, 0.1) is 6.92 Å². The highest BCUT2D eigenvalue weighted by atomic mass is 35.5. The molecule has 0 bridgehead atoms. The van der Waals surface area contributed by atoms with E-state index in [1.165, 1.54) is 7.11 Å². The van der Waals surface area contributed by atoms with E-state index in [9.17, 15) is 4.79 Å². The molecule has 0 spiro atoms. The van der Waals surface area contributed by atoms with E-state index in [1.807, 2.05) is 6.92 Å². The van der Waals surface area contributed by atoms with Crippen molar-refractivity contribution in [2.45, 2.75) is 13.0 Å². The molecule has 0 saturated carbocycles. The van der Waals surface area contributed by atoms with Gasteiger partial charge in [-0.15, -0.1) is 0 Å². The quantitative estimate of drug-likeness (QED) is 0.869. The predicted molar refractivity (Wildman–Crippen MR) is 68.1 cm³/mol. The summed E-state index contributed by atoms with van der Waals surface area (Å²) in [7, 11) is 1.43. The summed E-state index contributed by atoms with van der Waals surface area (Å²) in [6, 6.07) is 2.42. The highest BCUT2D eigenvalue weighted by Crippen LogP contribution is 2.29. The van der Waals surface area contributed by atoms with Crippen molar-refractivity contribution < 1.29 is 14.6 Å². The third kappa shape index (κ3) is 3.77. The van der Waals surface area contributed by atoms with Gasteiger partial charge in [-0.25, -0.2) is 4.79 Å². The first-order valence-electron chi connectivity index (χ1n) is 4.89. The summed E-state index contributed by atoms with van der Waals surface area (Å²) in [4.78, 5) is 10.9. The van der Waals surface area contributed by atoms with Gasteiger partial charge in [0.2, 0.25) is 0 Å². The van der Waals surface area contributed by atoms with Crippen LogP contribution in [0.2, 0.25) is 10.0 Å². The van der Waals surface area contributed by atoms with Crippen LogP contribution in [0.25, 0.3) is 0 Å². The number of nitrogens with one attached hydrogen (secondary N) is 1. The van der Waals surface area contributed by atoms with E-state index in [0.717, 1.165) is 5.56 Å². The second-order valence-electron chi connectivity index (χ2n) is 3.57. The molecule has 0 fully saturated rings. The SMILES string of the molecule is COCC(Nc1cc(Cl)c(C)cc1Cl)C(=O)O. The van der Waals surface area contributed by atoms with Crippen molar-refractivity contribution in [1.29, 1.82) is 0 Å². The average Bonchev–Trinajstić information content (AvgIpc) is 2.24. The van der Waals surface area contributed by atoms with Gasteiger partial charge in [-0.1, -0.05) is 23.2 Å². The zero-order chi connectivity index (χ0) is 13.0. The van der Waals surface area contributed by atoms with Crippen LogP contribution < -0.4 is 5.32 Å². The monoisotopic (exact) mass is 277 g/mol. The zero-order valence-corrected chi connectivity index (χ0v) is 11.0. The van der Waals surface area contributed by atoms with Crippen molar-refractivity contribution in [2.75, 3.05) is 19.0 Å². The maximum Gasteiger partial charge on any atom is 0.328 e. The Hall–Kier alpha value is -0.970. The van der Waals surface area contributed by atoms with Crippen molar-refractivity contribution in [3.05, 3.63) is 27.7 Å². The van der Waals surface area contributed by atoms with Crippen LogP contribution in [0.3, 0.4) is 0 Å². The normalized spacial score (nSPS) is 12.2. The average molecular weight is 278 g/mol. The van der Waals surface area contributed by atoms with Gasteiger partial charge in [-0.3, -0.25) is 0 Å². The van der Waals surface area contributed by atoms with E-state index in [-0.39, 0.29) is 6.61 Å². The number of hydrogen-bond donors (Lipinski definition) is 2. The van der Waals surface area contributed by atoms with E-state index in [0.29, 0.717) is 15.7 Å². The molecule has 0 radical (unpaired) electrons. The van der Waals surface area contributed by atoms with Gasteiger partial charge in [0, 0.05) is 12.1 Å². The van der Waals surface area contributed by atoms with E-state index in [2.05, 4.69) is 5.32 Å². The van der Waals surface area contributed by atoms with Crippen LogP contribution >= 0.6 is 23.2 Å². The fraction of sp³-hybridized carbons (Fsp3) is 0.364. The third-order valence-electron chi connectivity index (χ3n) is 2.21. The maximum atomic E-state index is 10.9. The Morgan fingerprint density at radius 3 is 2.65 bits per heavy atom. The molecule has 17 heavy (non-hydrogen) atoms. The Bertz CT molecular complexity index is 423. The number of rotatable bonds is 5. The summed E-state index contributed by atoms with van der Waals surface area (Å²) in [5.41, 5.74) is 1.31. The van der Waals surface area contributed by atoms with E-state index in [1.54, 1.807) is 12.1 Å². The molecular formula is C11H13Cl2NO3. The molecular weight excluding hydrogens is 265 g/mol. The molecule has 1 atom stereocenters. The largest absolute Gasteiger partial charge is 0.480 e. The van der Waals surface area contributed by atoms with Gasteiger partial charge >= 0.3 is 5.97 Å². The Morgan fingerprint density at radius 2 is 2.12 bits per heavy atom. The number of anilines is 1. The standard InChI is InChI=1S/C11H13Cl2NO3/c1-6-3-8(13)9(4-7(6)12)14-10(5-17-2)11(15)16/h3-4,10,14H,5H2,1-2H3,(H,15,16). The number of carbonyl (C=O) groups is 1. The second kappa shape index (κ2) is 6.10. The van der Waals surface area contributed by atoms with E-state index >= 15 is 0 Å². The minimum Gasteiger partial charge on any atom is -0.480 e. The molecule has 0 amide bonds. The van der Waals surface area contributed by atoms with E-state index in [4.69, 9.17) is 33.0 Å². The number of hydrogen-bond acceptors (Lipinski definition) is 3. The van der Waals surface area contributed by atoms with Gasteiger partial charge in [-0.2, -0.15) is 0 Å². The predicted octanol–water partition coefficient (Wildman–Crippen LogP) is 2.81. The van der Waals surface area contributed by atoms with Gasteiger partial charge < -0.3 is 15.2 Å². The highest BCUT2D eigenvalue weighted by molar-refractivity contribution is 6.35. The number of aryl methyl sites for hydroxylation is 1. The van der Waals surface area contributed by atoms with Crippen molar-refractivity contribution in [3.63, 3.8) is 0 Å². The number of halogens is 2. The summed E-state index contributed by atoms with van der Waals surface area (Å²) in [6.07, 6.45) is 0. The fourth-order valence-electron chi connectivity index (χ4n) is 1.29. The van der Waals surface area contributed by atoms with Crippen molar-refractivity contribution in [3.8, 4) is 0 Å². The summed E-state index contributed by atoms with van der Waals surface area (Å²) >= 11 is 11.9. The smallest absolute Gasteiger partial charge is 0.328 e.